The minimum absolute atomic E-state index is 0.174. The van der Waals surface area contributed by atoms with E-state index in [1.165, 1.54) is 0 Å². The number of rotatable bonds is 6. The maximum atomic E-state index is 10.2. The van der Waals surface area contributed by atoms with E-state index in [9.17, 15) is 5.11 Å². The van der Waals surface area contributed by atoms with Crippen LogP contribution in [-0.4, -0.2) is 17.8 Å². The normalized spacial score (nSPS) is 15.5. The SMILES string of the molecule is OC(COc1cccc(Cl)c1)c1cccc(OC2CC2)c1. The fourth-order valence-electron chi connectivity index (χ4n) is 2.00. The Labute approximate surface area is 129 Å². The van der Waals surface area contributed by atoms with Crippen molar-refractivity contribution in [3.8, 4) is 11.5 Å². The molecule has 0 spiro atoms. The third-order valence-corrected chi connectivity index (χ3v) is 3.51. The van der Waals surface area contributed by atoms with E-state index in [1.807, 2.05) is 36.4 Å². The fourth-order valence-corrected chi connectivity index (χ4v) is 2.18. The molecule has 0 radical (unpaired) electrons. The summed E-state index contributed by atoms with van der Waals surface area (Å²) < 4.78 is 11.3. The molecule has 1 atom stereocenters. The van der Waals surface area contributed by atoms with Gasteiger partial charge in [0, 0.05) is 5.02 Å². The number of aliphatic hydroxyl groups is 1. The average molecular weight is 305 g/mol. The molecule has 2 aromatic carbocycles. The van der Waals surface area contributed by atoms with Gasteiger partial charge in [-0.25, -0.2) is 0 Å². The quantitative estimate of drug-likeness (QED) is 0.877. The molecule has 21 heavy (non-hydrogen) atoms. The number of aliphatic hydroxyl groups excluding tert-OH is 1. The van der Waals surface area contributed by atoms with E-state index in [0.717, 1.165) is 24.2 Å². The van der Waals surface area contributed by atoms with Crippen molar-refractivity contribution in [3.05, 3.63) is 59.1 Å². The number of benzene rings is 2. The molecule has 0 saturated heterocycles. The van der Waals surface area contributed by atoms with Gasteiger partial charge in [0.05, 0.1) is 6.10 Å². The Kier molecular flexibility index (Phi) is 4.32. The Hall–Kier alpha value is -1.71. The largest absolute Gasteiger partial charge is 0.490 e. The molecule has 0 aliphatic heterocycles. The molecule has 110 valence electrons. The molecule has 1 saturated carbocycles. The fraction of sp³-hybridized carbons (Fsp3) is 0.294. The van der Waals surface area contributed by atoms with E-state index in [4.69, 9.17) is 21.1 Å². The molecule has 1 aliphatic carbocycles. The summed E-state index contributed by atoms with van der Waals surface area (Å²) in [6.45, 7) is 0.174. The van der Waals surface area contributed by atoms with Crippen LogP contribution in [0.15, 0.2) is 48.5 Å². The van der Waals surface area contributed by atoms with E-state index in [2.05, 4.69) is 0 Å². The zero-order chi connectivity index (χ0) is 14.7. The van der Waals surface area contributed by atoms with Gasteiger partial charge in [-0.3, -0.25) is 0 Å². The monoisotopic (exact) mass is 304 g/mol. The molecular weight excluding hydrogens is 288 g/mol. The Bertz CT molecular complexity index is 610. The third kappa shape index (κ3) is 4.13. The highest BCUT2D eigenvalue weighted by atomic mass is 35.5. The van der Waals surface area contributed by atoms with E-state index >= 15 is 0 Å². The van der Waals surface area contributed by atoms with Crippen LogP contribution in [0.4, 0.5) is 0 Å². The lowest BCUT2D eigenvalue weighted by molar-refractivity contribution is 0.108. The smallest absolute Gasteiger partial charge is 0.120 e. The van der Waals surface area contributed by atoms with Gasteiger partial charge in [-0.15, -0.1) is 0 Å². The van der Waals surface area contributed by atoms with Crippen LogP contribution in [0.25, 0.3) is 0 Å². The van der Waals surface area contributed by atoms with Gasteiger partial charge < -0.3 is 14.6 Å². The average Bonchev–Trinajstić information content (AvgIpc) is 3.29. The van der Waals surface area contributed by atoms with Crippen molar-refractivity contribution in [2.24, 2.45) is 0 Å². The van der Waals surface area contributed by atoms with Crippen molar-refractivity contribution in [2.75, 3.05) is 6.61 Å². The highest BCUT2D eigenvalue weighted by molar-refractivity contribution is 6.30. The van der Waals surface area contributed by atoms with Crippen molar-refractivity contribution >= 4 is 11.6 Å². The first-order valence-electron chi connectivity index (χ1n) is 7.04. The number of ether oxygens (including phenoxy) is 2. The highest BCUT2D eigenvalue weighted by Gasteiger charge is 2.23. The number of halogens is 1. The minimum atomic E-state index is -0.702. The molecular formula is C17H17ClO3. The Morgan fingerprint density at radius 3 is 2.62 bits per heavy atom. The predicted octanol–water partition coefficient (Wildman–Crippen LogP) is 3.99. The van der Waals surface area contributed by atoms with Crippen LogP contribution in [0.1, 0.15) is 24.5 Å². The Morgan fingerprint density at radius 1 is 1.10 bits per heavy atom. The van der Waals surface area contributed by atoms with Crippen LogP contribution >= 0.6 is 11.6 Å². The van der Waals surface area contributed by atoms with Gasteiger partial charge in [0.15, 0.2) is 0 Å². The Balaban J connectivity index is 1.60. The molecule has 0 amide bonds. The molecule has 0 heterocycles. The molecule has 2 aromatic rings. The molecule has 1 aliphatic rings. The second kappa shape index (κ2) is 6.37. The van der Waals surface area contributed by atoms with Gasteiger partial charge in [-0.05, 0) is 48.7 Å². The van der Waals surface area contributed by atoms with Crippen molar-refractivity contribution < 1.29 is 14.6 Å². The molecule has 4 heteroatoms. The lowest BCUT2D eigenvalue weighted by Crippen LogP contribution is -2.10. The van der Waals surface area contributed by atoms with Gasteiger partial charge in [-0.1, -0.05) is 29.8 Å². The lowest BCUT2D eigenvalue weighted by Gasteiger charge is -2.14. The summed E-state index contributed by atoms with van der Waals surface area (Å²) in [6.07, 6.45) is 1.88. The summed E-state index contributed by atoms with van der Waals surface area (Å²) in [5.74, 6) is 1.45. The maximum absolute atomic E-state index is 10.2. The standard InChI is InChI=1S/C17H17ClO3/c18-13-4-2-5-15(10-13)20-11-17(19)12-3-1-6-16(9-12)21-14-7-8-14/h1-6,9-10,14,17,19H,7-8,11H2. The van der Waals surface area contributed by atoms with Crippen molar-refractivity contribution in [2.45, 2.75) is 25.0 Å². The number of hydrogen-bond donors (Lipinski definition) is 1. The predicted molar refractivity (Wildman–Crippen MR) is 82.0 cm³/mol. The van der Waals surface area contributed by atoms with E-state index in [-0.39, 0.29) is 6.61 Å². The van der Waals surface area contributed by atoms with Crippen LogP contribution in [-0.2, 0) is 0 Å². The zero-order valence-corrected chi connectivity index (χ0v) is 12.3. The first-order valence-corrected chi connectivity index (χ1v) is 7.41. The second-order valence-electron chi connectivity index (χ2n) is 5.17. The summed E-state index contributed by atoms with van der Waals surface area (Å²) >= 11 is 5.89. The summed E-state index contributed by atoms with van der Waals surface area (Å²) in [5.41, 5.74) is 0.787. The molecule has 3 rings (SSSR count). The summed E-state index contributed by atoms with van der Waals surface area (Å²) in [4.78, 5) is 0. The molecule has 1 unspecified atom stereocenters. The van der Waals surface area contributed by atoms with Crippen LogP contribution in [0.2, 0.25) is 5.02 Å². The summed E-state index contributed by atoms with van der Waals surface area (Å²) in [6, 6.07) is 14.7. The highest BCUT2D eigenvalue weighted by Crippen LogP contribution is 2.28. The summed E-state index contributed by atoms with van der Waals surface area (Å²) in [7, 11) is 0. The first kappa shape index (κ1) is 14.2. The second-order valence-corrected chi connectivity index (χ2v) is 5.61. The van der Waals surface area contributed by atoms with Crippen molar-refractivity contribution in [1.29, 1.82) is 0 Å². The van der Waals surface area contributed by atoms with Crippen molar-refractivity contribution in [1.82, 2.24) is 0 Å². The van der Waals surface area contributed by atoms with Crippen LogP contribution in [0.5, 0.6) is 11.5 Å². The molecule has 0 bridgehead atoms. The molecule has 3 nitrogen and oxygen atoms in total. The van der Waals surface area contributed by atoms with Gasteiger partial charge in [0.1, 0.15) is 24.2 Å². The lowest BCUT2D eigenvalue weighted by atomic mass is 10.1. The zero-order valence-electron chi connectivity index (χ0n) is 11.5. The maximum Gasteiger partial charge on any atom is 0.120 e. The van der Waals surface area contributed by atoms with E-state index in [1.54, 1.807) is 12.1 Å². The topological polar surface area (TPSA) is 38.7 Å². The van der Waals surface area contributed by atoms with Gasteiger partial charge in [0.2, 0.25) is 0 Å². The van der Waals surface area contributed by atoms with Crippen molar-refractivity contribution in [3.63, 3.8) is 0 Å². The van der Waals surface area contributed by atoms with Crippen LogP contribution in [0, 0.1) is 0 Å². The molecule has 0 aromatic heterocycles. The third-order valence-electron chi connectivity index (χ3n) is 3.27. The first-order chi connectivity index (χ1) is 10.2. The van der Waals surface area contributed by atoms with Crippen LogP contribution in [0.3, 0.4) is 0 Å². The molecule has 1 N–H and O–H groups in total. The van der Waals surface area contributed by atoms with Gasteiger partial charge >= 0.3 is 0 Å². The van der Waals surface area contributed by atoms with E-state index < -0.39 is 6.10 Å². The molecule has 1 fully saturated rings. The van der Waals surface area contributed by atoms with Crippen LogP contribution < -0.4 is 9.47 Å². The summed E-state index contributed by atoms with van der Waals surface area (Å²) in [5, 5.41) is 10.8. The van der Waals surface area contributed by atoms with Gasteiger partial charge in [-0.2, -0.15) is 0 Å². The van der Waals surface area contributed by atoms with E-state index in [0.29, 0.717) is 16.9 Å². The van der Waals surface area contributed by atoms with Gasteiger partial charge in [0.25, 0.3) is 0 Å². The minimum Gasteiger partial charge on any atom is -0.490 e. The number of hydrogen-bond acceptors (Lipinski definition) is 3. The Morgan fingerprint density at radius 2 is 1.86 bits per heavy atom.